The molecule has 10 heteroatoms. The zero-order chi connectivity index (χ0) is 13.0. The predicted molar refractivity (Wildman–Crippen MR) is 49.0 cm³/mol. The van der Waals surface area contributed by atoms with Crippen molar-refractivity contribution in [2.75, 3.05) is 6.61 Å². The molecule has 0 unspecified atom stereocenters. The van der Waals surface area contributed by atoms with Crippen LogP contribution in [-0.4, -0.2) is 36.0 Å². The Kier molecular flexibility index (Phi) is 10.4. The van der Waals surface area contributed by atoms with Crippen molar-refractivity contribution in [2.45, 2.75) is 6.92 Å². The van der Waals surface area contributed by atoms with E-state index >= 15 is 0 Å². The molecule has 0 bridgehead atoms. The molecule has 0 fully saturated rings. The molecule has 0 heterocycles. The summed E-state index contributed by atoms with van der Waals surface area (Å²) in [5.41, 5.74) is 6.14. The first-order valence-corrected chi connectivity index (χ1v) is 3.73. The van der Waals surface area contributed by atoms with Crippen LogP contribution in [0.1, 0.15) is 6.92 Å². The molecular formula is C6H10N4O6. The van der Waals surface area contributed by atoms with Crippen molar-refractivity contribution in [2.24, 2.45) is 10.8 Å². The number of rotatable bonds is 2. The number of hydrogen-bond donors (Lipinski definition) is 4. The summed E-state index contributed by atoms with van der Waals surface area (Å²) in [6.45, 7) is 1.89. The lowest BCUT2D eigenvalue weighted by Gasteiger charge is -1.95. The minimum atomic E-state index is -1.44. The highest BCUT2D eigenvalue weighted by atomic mass is 16.5. The SMILES string of the molecule is CCOC(=O)NN=C=O.NC(=O)NC(=O)O. The molecule has 0 aromatic carbocycles. The number of isocyanates is 1. The third kappa shape index (κ3) is 17.5. The van der Waals surface area contributed by atoms with E-state index in [1.165, 1.54) is 5.32 Å². The van der Waals surface area contributed by atoms with E-state index in [2.05, 4.69) is 15.6 Å². The van der Waals surface area contributed by atoms with Crippen LogP contribution < -0.4 is 16.5 Å². The standard InChI is InChI=1S/C4H6N2O3.C2H4N2O3/c1-2-9-4(8)6-5-3-7;3-1(5)4-2(6)7/h2H2,1H3,(H,6,8);(H,6,7)(H3,3,4,5). The smallest absolute Gasteiger partial charge is 0.428 e. The molecule has 0 radical (unpaired) electrons. The van der Waals surface area contributed by atoms with Gasteiger partial charge in [0.15, 0.2) is 0 Å². The first-order valence-electron chi connectivity index (χ1n) is 3.73. The van der Waals surface area contributed by atoms with Gasteiger partial charge in [0.1, 0.15) is 0 Å². The highest BCUT2D eigenvalue weighted by Gasteiger charge is 1.95. The number of ether oxygens (including phenoxy) is 1. The van der Waals surface area contributed by atoms with Crippen molar-refractivity contribution in [1.82, 2.24) is 10.7 Å². The van der Waals surface area contributed by atoms with E-state index in [0.29, 0.717) is 0 Å². The first-order chi connectivity index (χ1) is 7.43. The number of carbonyl (C=O) groups excluding carboxylic acids is 3. The average Bonchev–Trinajstić information content (AvgIpc) is 2.14. The molecule has 5 N–H and O–H groups in total. The minimum Gasteiger partial charge on any atom is -0.465 e. The van der Waals surface area contributed by atoms with Gasteiger partial charge in [-0.3, -0.25) is 0 Å². The summed E-state index contributed by atoms with van der Waals surface area (Å²) in [4.78, 5) is 38.5. The Balaban J connectivity index is 0. The van der Waals surface area contributed by atoms with Crippen molar-refractivity contribution in [3.63, 3.8) is 0 Å². The zero-order valence-corrected chi connectivity index (χ0v) is 8.22. The largest absolute Gasteiger partial charge is 0.465 e. The number of nitrogens with one attached hydrogen (secondary N) is 2. The fourth-order valence-corrected chi connectivity index (χ4v) is 0.337. The maximum absolute atomic E-state index is 10.2. The molecule has 4 amide bonds. The van der Waals surface area contributed by atoms with Gasteiger partial charge >= 0.3 is 18.2 Å². The second kappa shape index (κ2) is 10.5. The molecule has 90 valence electrons. The Bertz CT molecular complexity index is 285. The Labute approximate surface area is 89.4 Å². The van der Waals surface area contributed by atoms with Crippen LogP contribution in [0.2, 0.25) is 0 Å². The summed E-state index contributed by atoms with van der Waals surface area (Å²) in [6.07, 6.45) is -1.07. The second-order valence-electron chi connectivity index (χ2n) is 1.83. The van der Waals surface area contributed by atoms with Gasteiger partial charge in [-0.1, -0.05) is 5.10 Å². The van der Waals surface area contributed by atoms with Crippen LogP contribution in [0.4, 0.5) is 14.4 Å². The van der Waals surface area contributed by atoms with Gasteiger partial charge in [-0.25, -0.2) is 29.9 Å². The number of nitrogens with zero attached hydrogens (tertiary/aromatic N) is 1. The molecule has 0 aliphatic heterocycles. The number of hydrazone groups is 1. The van der Waals surface area contributed by atoms with Gasteiger partial charge < -0.3 is 15.6 Å². The van der Waals surface area contributed by atoms with E-state index in [1.54, 1.807) is 12.3 Å². The van der Waals surface area contributed by atoms with Crippen LogP contribution in [-0.2, 0) is 9.53 Å². The van der Waals surface area contributed by atoms with E-state index in [4.69, 9.17) is 5.11 Å². The van der Waals surface area contributed by atoms with E-state index in [9.17, 15) is 19.2 Å². The van der Waals surface area contributed by atoms with Crippen LogP contribution in [0.3, 0.4) is 0 Å². The lowest BCUT2D eigenvalue weighted by atomic mass is 10.9. The van der Waals surface area contributed by atoms with Crippen LogP contribution >= 0.6 is 0 Å². The molecule has 16 heavy (non-hydrogen) atoms. The molecule has 0 aliphatic rings. The van der Waals surface area contributed by atoms with Gasteiger partial charge in [0, 0.05) is 0 Å². The van der Waals surface area contributed by atoms with Crippen LogP contribution in [0, 0.1) is 0 Å². The van der Waals surface area contributed by atoms with Gasteiger partial charge in [0.05, 0.1) is 6.61 Å². The van der Waals surface area contributed by atoms with Gasteiger partial charge in [-0.15, -0.1) is 0 Å². The molecule has 10 nitrogen and oxygen atoms in total. The van der Waals surface area contributed by atoms with Crippen LogP contribution in [0.15, 0.2) is 5.10 Å². The molecule has 0 atom stereocenters. The summed E-state index contributed by atoms with van der Waals surface area (Å²) in [6, 6.07) is -1.06. The Morgan fingerprint density at radius 3 is 2.31 bits per heavy atom. The summed E-state index contributed by atoms with van der Waals surface area (Å²) >= 11 is 0. The highest BCUT2D eigenvalue weighted by Crippen LogP contribution is 1.73. The topological polar surface area (TPSA) is 160 Å². The zero-order valence-electron chi connectivity index (χ0n) is 8.22. The molecule has 0 aromatic heterocycles. The number of primary amides is 1. The number of hydrogen-bond acceptors (Lipinski definition) is 6. The second-order valence-corrected chi connectivity index (χ2v) is 1.83. The number of nitrogens with two attached hydrogens (primary N) is 1. The van der Waals surface area contributed by atoms with Crippen LogP contribution in [0.5, 0.6) is 0 Å². The summed E-state index contributed by atoms with van der Waals surface area (Å²) in [7, 11) is 0. The van der Waals surface area contributed by atoms with E-state index in [-0.39, 0.29) is 6.61 Å². The Morgan fingerprint density at radius 1 is 1.50 bits per heavy atom. The Hall–Kier alpha value is -2.61. The third-order valence-electron chi connectivity index (χ3n) is 0.698. The lowest BCUT2D eigenvalue weighted by Crippen LogP contribution is -2.33. The van der Waals surface area contributed by atoms with E-state index in [0.717, 1.165) is 6.08 Å². The molecule has 0 spiro atoms. The average molecular weight is 234 g/mol. The number of amides is 4. The van der Waals surface area contributed by atoms with Gasteiger partial charge in [0.2, 0.25) is 0 Å². The van der Waals surface area contributed by atoms with Crippen molar-refractivity contribution in [3.05, 3.63) is 0 Å². The number of carbonyl (C=O) groups is 3. The minimum absolute atomic E-state index is 0.250. The number of carboxylic acid groups (broad SMARTS) is 1. The summed E-state index contributed by atoms with van der Waals surface area (Å²) < 4.78 is 4.32. The molecular weight excluding hydrogens is 224 g/mol. The number of urea groups is 1. The van der Waals surface area contributed by atoms with Gasteiger partial charge in [0.25, 0.3) is 6.08 Å². The normalized spacial score (nSPS) is 7.31. The fraction of sp³-hybridized carbons (Fsp3) is 0.333. The fourth-order valence-electron chi connectivity index (χ4n) is 0.337. The lowest BCUT2D eigenvalue weighted by molar-refractivity contribution is 0.152. The molecule has 0 aliphatic carbocycles. The molecule has 0 aromatic rings. The highest BCUT2D eigenvalue weighted by molar-refractivity contribution is 5.88. The van der Waals surface area contributed by atoms with Crippen molar-refractivity contribution in [1.29, 1.82) is 0 Å². The number of imide groups is 1. The maximum atomic E-state index is 10.2. The first kappa shape index (κ1) is 15.8. The molecule has 0 saturated carbocycles. The van der Waals surface area contributed by atoms with Crippen LogP contribution in [0.25, 0.3) is 0 Å². The van der Waals surface area contributed by atoms with Crippen molar-refractivity contribution >= 4 is 24.3 Å². The van der Waals surface area contributed by atoms with E-state index in [1.807, 2.05) is 0 Å². The van der Waals surface area contributed by atoms with Gasteiger partial charge in [-0.2, -0.15) is 0 Å². The monoisotopic (exact) mass is 234 g/mol. The molecule has 0 rings (SSSR count). The van der Waals surface area contributed by atoms with Crippen molar-refractivity contribution < 1.29 is 29.0 Å². The predicted octanol–water partition coefficient (Wildman–Crippen LogP) is -0.684. The maximum Gasteiger partial charge on any atom is 0.428 e. The third-order valence-corrected chi connectivity index (χ3v) is 0.698. The molecule has 0 saturated heterocycles. The quantitative estimate of drug-likeness (QED) is 0.281. The summed E-state index contributed by atoms with van der Waals surface area (Å²) in [5, 5.41) is 11.8. The Morgan fingerprint density at radius 2 is 2.06 bits per heavy atom. The van der Waals surface area contributed by atoms with E-state index < -0.39 is 18.2 Å². The van der Waals surface area contributed by atoms with Crippen molar-refractivity contribution in [3.8, 4) is 0 Å². The van der Waals surface area contributed by atoms with Gasteiger partial charge in [-0.05, 0) is 6.92 Å². The summed E-state index contributed by atoms with van der Waals surface area (Å²) in [5.74, 6) is 0.